The number of anilines is 1. The summed E-state index contributed by atoms with van der Waals surface area (Å²) < 4.78 is 6.05. The van der Waals surface area contributed by atoms with Crippen LogP contribution in [0.5, 0.6) is 5.75 Å². The number of aryl methyl sites for hydroxylation is 1. The first-order valence-corrected chi connectivity index (χ1v) is 11.0. The molecule has 2 aromatic carbocycles. The van der Waals surface area contributed by atoms with Crippen LogP contribution in [0.15, 0.2) is 53.4 Å². The van der Waals surface area contributed by atoms with Crippen LogP contribution in [-0.4, -0.2) is 34.2 Å². The zero-order chi connectivity index (χ0) is 21.5. The number of ether oxygens (including phenoxy) is 1. The average Bonchev–Trinajstić information content (AvgIpc) is 2.99. The normalized spacial score (nSPS) is 15.0. The van der Waals surface area contributed by atoms with E-state index in [2.05, 4.69) is 5.32 Å². The van der Waals surface area contributed by atoms with E-state index in [1.165, 1.54) is 17.3 Å². The molecule has 5 nitrogen and oxygen atoms in total. The van der Waals surface area contributed by atoms with Gasteiger partial charge in [-0.2, -0.15) is 0 Å². The summed E-state index contributed by atoms with van der Waals surface area (Å²) in [6.45, 7) is 4.86. The van der Waals surface area contributed by atoms with Crippen LogP contribution in [0, 0.1) is 6.92 Å². The van der Waals surface area contributed by atoms with E-state index < -0.39 is 0 Å². The summed E-state index contributed by atoms with van der Waals surface area (Å²) in [4.78, 5) is 27.2. The largest absolute Gasteiger partial charge is 0.492 e. The van der Waals surface area contributed by atoms with Crippen LogP contribution >= 0.6 is 24.0 Å². The summed E-state index contributed by atoms with van der Waals surface area (Å²) in [7, 11) is 0. The molecule has 30 heavy (non-hydrogen) atoms. The Hall–Kier alpha value is -2.64. The first kappa shape index (κ1) is 22.1. The molecule has 2 amide bonds. The predicted molar refractivity (Wildman–Crippen MR) is 127 cm³/mol. The van der Waals surface area contributed by atoms with E-state index in [-0.39, 0.29) is 18.2 Å². The van der Waals surface area contributed by atoms with Crippen molar-refractivity contribution in [3.05, 3.63) is 64.6 Å². The lowest BCUT2D eigenvalue weighted by atomic mass is 10.1. The van der Waals surface area contributed by atoms with Crippen molar-refractivity contribution >= 4 is 51.9 Å². The maximum atomic E-state index is 12.7. The van der Waals surface area contributed by atoms with Crippen LogP contribution in [0.1, 0.15) is 30.9 Å². The third kappa shape index (κ3) is 5.70. The van der Waals surface area contributed by atoms with Crippen molar-refractivity contribution < 1.29 is 14.3 Å². The van der Waals surface area contributed by atoms with Gasteiger partial charge in [0.05, 0.1) is 17.2 Å². The highest BCUT2D eigenvalue weighted by Gasteiger charge is 2.31. The van der Waals surface area contributed by atoms with Gasteiger partial charge in [0.25, 0.3) is 5.91 Å². The zero-order valence-electron chi connectivity index (χ0n) is 17.0. The van der Waals surface area contributed by atoms with Gasteiger partial charge in [0.15, 0.2) is 0 Å². The van der Waals surface area contributed by atoms with Gasteiger partial charge in [-0.1, -0.05) is 65.9 Å². The number of thioether (sulfide) groups is 1. The maximum absolute atomic E-state index is 12.7. The summed E-state index contributed by atoms with van der Waals surface area (Å²) in [5.41, 5.74) is 2.78. The van der Waals surface area contributed by atoms with E-state index in [9.17, 15) is 9.59 Å². The zero-order valence-corrected chi connectivity index (χ0v) is 18.6. The van der Waals surface area contributed by atoms with Gasteiger partial charge in [0, 0.05) is 13.0 Å². The molecule has 0 bridgehead atoms. The summed E-state index contributed by atoms with van der Waals surface area (Å²) in [5, 5.41) is 2.87. The van der Waals surface area contributed by atoms with Crippen molar-refractivity contribution in [2.75, 3.05) is 18.5 Å². The van der Waals surface area contributed by atoms with E-state index in [0.717, 1.165) is 5.56 Å². The summed E-state index contributed by atoms with van der Waals surface area (Å²) in [6, 6.07) is 15.3. The molecule has 1 heterocycles. The molecule has 0 radical (unpaired) electrons. The first-order valence-electron chi connectivity index (χ1n) is 9.81. The molecule has 1 aliphatic rings. The summed E-state index contributed by atoms with van der Waals surface area (Å²) in [5.74, 6) is 0.419. The van der Waals surface area contributed by atoms with Crippen LogP contribution in [0.3, 0.4) is 0 Å². The topological polar surface area (TPSA) is 58.6 Å². The molecule has 0 aromatic heterocycles. The van der Waals surface area contributed by atoms with Crippen molar-refractivity contribution in [3.63, 3.8) is 0 Å². The Morgan fingerprint density at radius 1 is 1.20 bits per heavy atom. The highest BCUT2D eigenvalue weighted by Crippen LogP contribution is 2.32. The number of nitrogens with zero attached hydrogens (tertiary/aromatic N) is 1. The first-order chi connectivity index (χ1) is 14.5. The number of carbonyl (C=O) groups excluding carboxylic acids is 2. The minimum absolute atomic E-state index is 0.104. The molecule has 3 rings (SSSR count). The number of thiocarbonyl (C=S) groups is 1. The molecule has 0 saturated carbocycles. The Kier molecular flexibility index (Phi) is 7.65. The fourth-order valence-electron chi connectivity index (χ4n) is 2.97. The molecule has 0 spiro atoms. The molecular formula is C23H24N2O3S2. The molecule has 156 valence electrons. The van der Waals surface area contributed by atoms with Gasteiger partial charge in [-0.05, 0) is 44.0 Å². The lowest BCUT2D eigenvalue weighted by Crippen LogP contribution is -2.29. The number of rotatable bonds is 8. The predicted octanol–water partition coefficient (Wildman–Crippen LogP) is 5.01. The van der Waals surface area contributed by atoms with Crippen molar-refractivity contribution in [1.82, 2.24) is 4.90 Å². The fourth-order valence-corrected chi connectivity index (χ4v) is 4.28. The summed E-state index contributed by atoms with van der Waals surface area (Å²) in [6.07, 6.45) is 2.66. The van der Waals surface area contributed by atoms with Gasteiger partial charge in [0.2, 0.25) is 5.91 Å². The lowest BCUT2D eigenvalue weighted by Gasteiger charge is -2.14. The molecule has 1 N–H and O–H groups in total. The third-order valence-corrected chi connectivity index (χ3v) is 5.87. The molecule has 0 atom stereocenters. The number of para-hydroxylation sites is 2. The number of nitrogens with one attached hydrogen (secondary N) is 1. The van der Waals surface area contributed by atoms with Gasteiger partial charge in [0.1, 0.15) is 10.1 Å². The standard InChI is InChI=1S/C23H24N2O3S2/c1-3-28-19-8-5-4-7-18(19)24-21(26)9-6-14-25-22(27)20(30-23(25)29)15-17-12-10-16(2)11-13-17/h4-5,7-8,10-13,15H,3,6,9,14H2,1-2H3,(H,24,26). The minimum atomic E-state index is -0.122. The smallest absolute Gasteiger partial charge is 0.266 e. The second-order valence-corrected chi connectivity index (χ2v) is 8.50. The number of hydrogen-bond donors (Lipinski definition) is 1. The molecule has 1 fully saturated rings. The molecule has 1 aliphatic heterocycles. The highest BCUT2D eigenvalue weighted by atomic mass is 32.2. The van der Waals surface area contributed by atoms with Crippen LogP contribution in [0.25, 0.3) is 6.08 Å². The third-order valence-electron chi connectivity index (χ3n) is 4.50. The average molecular weight is 441 g/mol. The van der Waals surface area contributed by atoms with Crippen molar-refractivity contribution in [2.24, 2.45) is 0 Å². The Balaban J connectivity index is 1.53. The van der Waals surface area contributed by atoms with Crippen LogP contribution in [0.4, 0.5) is 5.69 Å². The summed E-state index contributed by atoms with van der Waals surface area (Å²) >= 11 is 6.67. The molecule has 0 unspecified atom stereocenters. The molecule has 7 heteroatoms. The molecule has 1 saturated heterocycles. The van der Waals surface area contributed by atoms with Gasteiger partial charge in [-0.15, -0.1) is 0 Å². The van der Waals surface area contributed by atoms with Crippen molar-refractivity contribution in [3.8, 4) is 5.75 Å². The van der Waals surface area contributed by atoms with Crippen molar-refractivity contribution in [2.45, 2.75) is 26.7 Å². The number of hydrogen-bond acceptors (Lipinski definition) is 5. The van der Waals surface area contributed by atoms with Crippen molar-refractivity contribution in [1.29, 1.82) is 0 Å². The maximum Gasteiger partial charge on any atom is 0.266 e. The number of amides is 2. The van der Waals surface area contributed by atoms with E-state index in [1.54, 1.807) is 11.0 Å². The van der Waals surface area contributed by atoms with E-state index in [1.807, 2.05) is 62.4 Å². The van der Waals surface area contributed by atoms with Gasteiger partial charge < -0.3 is 10.1 Å². The highest BCUT2D eigenvalue weighted by molar-refractivity contribution is 8.26. The van der Waals surface area contributed by atoms with E-state index in [0.29, 0.717) is 40.2 Å². The quantitative estimate of drug-likeness (QED) is 0.462. The lowest BCUT2D eigenvalue weighted by molar-refractivity contribution is -0.122. The SMILES string of the molecule is CCOc1ccccc1NC(=O)CCCN1C(=O)C(=Cc2ccc(C)cc2)SC1=S. The molecule has 0 aliphatic carbocycles. The Labute approximate surface area is 186 Å². The van der Waals surface area contributed by atoms with Crippen LogP contribution < -0.4 is 10.1 Å². The van der Waals surface area contributed by atoms with Gasteiger partial charge >= 0.3 is 0 Å². The monoisotopic (exact) mass is 440 g/mol. The molecular weight excluding hydrogens is 416 g/mol. The van der Waals surface area contributed by atoms with Crippen LogP contribution in [-0.2, 0) is 9.59 Å². The Bertz CT molecular complexity index is 971. The second kappa shape index (κ2) is 10.4. The Morgan fingerprint density at radius 3 is 2.67 bits per heavy atom. The van der Waals surface area contributed by atoms with E-state index in [4.69, 9.17) is 17.0 Å². The second-order valence-electron chi connectivity index (χ2n) is 6.82. The number of benzene rings is 2. The van der Waals surface area contributed by atoms with Gasteiger partial charge in [-0.3, -0.25) is 14.5 Å². The van der Waals surface area contributed by atoms with Crippen LogP contribution in [0.2, 0.25) is 0 Å². The minimum Gasteiger partial charge on any atom is -0.492 e. The van der Waals surface area contributed by atoms with Gasteiger partial charge in [-0.25, -0.2) is 0 Å². The number of carbonyl (C=O) groups is 2. The molecule has 2 aromatic rings. The fraction of sp³-hybridized carbons (Fsp3) is 0.261. The Morgan fingerprint density at radius 2 is 1.93 bits per heavy atom. The van der Waals surface area contributed by atoms with E-state index >= 15 is 0 Å².